The molecule has 0 spiro atoms. The Morgan fingerprint density at radius 3 is 2.47 bits per heavy atom. The van der Waals surface area contributed by atoms with Crippen molar-refractivity contribution in [3.63, 3.8) is 0 Å². The van der Waals surface area contributed by atoms with Gasteiger partial charge in [-0.15, -0.1) is 4.91 Å². The number of thioether (sulfide) groups is 1. The summed E-state index contributed by atoms with van der Waals surface area (Å²) < 4.78 is 1.01. The zero-order valence-corrected chi connectivity index (χ0v) is 9.83. The van der Waals surface area contributed by atoms with Crippen molar-refractivity contribution >= 4 is 17.4 Å². The number of nitroso groups, excluding NO2 is 1. The van der Waals surface area contributed by atoms with Crippen molar-refractivity contribution in [2.24, 2.45) is 5.18 Å². The summed E-state index contributed by atoms with van der Waals surface area (Å²) >= 11 is 1.98. The largest absolute Gasteiger partial charge is 0.313 e. The first kappa shape index (κ1) is 10.6. The lowest BCUT2D eigenvalue weighted by atomic mass is 10.2. The van der Waals surface area contributed by atoms with Crippen LogP contribution in [0.3, 0.4) is 0 Å². The molecule has 0 N–H and O–H groups in total. The molecule has 4 heteroatoms. The van der Waals surface area contributed by atoms with E-state index in [9.17, 15) is 4.91 Å². The summed E-state index contributed by atoms with van der Waals surface area (Å²) in [4.78, 5) is 10.3. The topological polar surface area (TPSA) is 29.4 Å². The van der Waals surface area contributed by atoms with E-state index >= 15 is 0 Å². The highest BCUT2D eigenvalue weighted by atomic mass is 32.2. The SMILES string of the molecule is C[N+]1(C)CCSC1c1ccc(N=O)cc1. The van der Waals surface area contributed by atoms with Gasteiger partial charge in [-0.05, 0) is 29.4 Å². The van der Waals surface area contributed by atoms with E-state index in [0.717, 1.165) is 4.48 Å². The van der Waals surface area contributed by atoms with Crippen molar-refractivity contribution < 1.29 is 4.48 Å². The molecule has 0 aliphatic carbocycles. The van der Waals surface area contributed by atoms with Gasteiger partial charge in [0, 0.05) is 11.3 Å². The minimum atomic E-state index is 0.491. The summed E-state index contributed by atoms with van der Waals surface area (Å²) in [6.45, 7) is 1.20. The Labute approximate surface area is 94.0 Å². The van der Waals surface area contributed by atoms with Gasteiger partial charge in [-0.2, -0.15) is 0 Å². The molecule has 0 saturated carbocycles. The van der Waals surface area contributed by atoms with Crippen LogP contribution < -0.4 is 0 Å². The molecule has 1 fully saturated rings. The molecule has 1 unspecified atom stereocenters. The van der Waals surface area contributed by atoms with Crippen LogP contribution >= 0.6 is 11.8 Å². The number of rotatable bonds is 2. The maximum atomic E-state index is 10.3. The van der Waals surface area contributed by atoms with Crippen molar-refractivity contribution in [3.05, 3.63) is 34.7 Å². The van der Waals surface area contributed by atoms with Gasteiger partial charge in [-0.25, -0.2) is 0 Å². The highest BCUT2D eigenvalue weighted by Crippen LogP contribution is 2.41. The predicted octanol–water partition coefficient (Wildman–Crippen LogP) is 2.91. The Bertz CT molecular complexity index is 361. The van der Waals surface area contributed by atoms with Crippen LogP contribution in [-0.4, -0.2) is 30.9 Å². The molecule has 0 aromatic heterocycles. The molecule has 1 aromatic carbocycles. The fourth-order valence-electron chi connectivity index (χ4n) is 1.92. The molecule has 1 atom stereocenters. The third kappa shape index (κ3) is 2.06. The standard InChI is InChI=1S/C11H15N2OS/c1-13(2)7-8-15-11(13)9-3-5-10(12-14)6-4-9/h3-6,11H,7-8H2,1-2H3/q+1. The van der Waals surface area contributed by atoms with Gasteiger partial charge in [-0.3, -0.25) is 0 Å². The predicted molar refractivity (Wildman–Crippen MR) is 64.1 cm³/mol. The molecule has 1 aromatic rings. The van der Waals surface area contributed by atoms with Gasteiger partial charge in [0.15, 0.2) is 5.37 Å². The third-order valence-corrected chi connectivity index (χ3v) is 4.44. The second-order valence-electron chi connectivity index (χ2n) is 4.41. The minimum absolute atomic E-state index is 0.491. The van der Waals surface area contributed by atoms with Gasteiger partial charge >= 0.3 is 0 Å². The van der Waals surface area contributed by atoms with E-state index < -0.39 is 0 Å². The smallest absolute Gasteiger partial charge is 0.161 e. The average molecular weight is 223 g/mol. The summed E-state index contributed by atoms with van der Waals surface area (Å²) in [6.07, 6.45) is 0. The van der Waals surface area contributed by atoms with E-state index in [2.05, 4.69) is 19.3 Å². The number of quaternary nitrogens is 1. The lowest BCUT2D eigenvalue weighted by Gasteiger charge is -2.30. The van der Waals surface area contributed by atoms with Gasteiger partial charge in [0.05, 0.1) is 20.6 Å². The van der Waals surface area contributed by atoms with Crippen LogP contribution in [0.4, 0.5) is 5.69 Å². The van der Waals surface area contributed by atoms with Crippen LogP contribution in [0, 0.1) is 4.91 Å². The van der Waals surface area contributed by atoms with Gasteiger partial charge in [0.2, 0.25) is 0 Å². The molecule has 1 heterocycles. The normalized spacial score (nSPS) is 24.0. The minimum Gasteiger partial charge on any atom is -0.313 e. The zero-order chi connectivity index (χ0) is 10.9. The Hall–Kier alpha value is -0.870. The van der Waals surface area contributed by atoms with Crippen LogP contribution in [0.5, 0.6) is 0 Å². The fourth-order valence-corrected chi connectivity index (χ4v) is 3.58. The molecular formula is C11H15N2OS+. The number of hydrogen-bond acceptors (Lipinski definition) is 3. The second-order valence-corrected chi connectivity index (χ2v) is 5.60. The molecular weight excluding hydrogens is 208 g/mol. The van der Waals surface area contributed by atoms with E-state index in [1.807, 2.05) is 23.9 Å². The first-order valence-corrected chi connectivity index (χ1v) is 6.06. The van der Waals surface area contributed by atoms with Gasteiger partial charge in [0.25, 0.3) is 0 Å². The van der Waals surface area contributed by atoms with Crippen molar-refractivity contribution in [2.75, 3.05) is 26.4 Å². The van der Waals surface area contributed by atoms with Crippen LogP contribution in [0.2, 0.25) is 0 Å². The molecule has 15 heavy (non-hydrogen) atoms. The quantitative estimate of drug-likeness (QED) is 0.570. The average Bonchev–Trinajstić information content (AvgIpc) is 2.58. The Balaban J connectivity index is 2.26. The molecule has 1 saturated heterocycles. The second kappa shape index (κ2) is 3.94. The highest BCUT2D eigenvalue weighted by Gasteiger charge is 2.35. The zero-order valence-electron chi connectivity index (χ0n) is 9.01. The van der Waals surface area contributed by atoms with E-state index in [0.29, 0.717) is 11.1 Å². The Morgan fingerprint density at radius 1 is 1.33 bits per heavy atom. The van der Waals surface area contributed by atoms with E-state index in [4.69, 9.17) is 0 Å². The van der Waals surface area contributed by atoms with E-state index in [1.165, 1.54) is 17.9 Å². The van der Waals surface area contributed by atoms with Crippen molar-refractivity contribution in [2.45, 2.75) is 5.37 Å². The van der Waals surface area contributed by atoms with Crippen LogP contribution in [-0.2, 0) is 0 Å². The van der Waals surface area contributed by atoms with Gasteiger partial charge < -0.3 is 4.48 Å². The van der Waals surface area contributed by atoms with E-state index in [1.54, 1.807) is 12.1 Å². The van der Waals surface area contributed by atoms with E-state index in [-0.39, 0.29) is 0 Å². The maximum Gasteiger partial charge on any atom is 0.161 e. The van der Waals surface area contributed by atoms with Crippen molar-refractivity contribution in [1.82, 2.24) is 0 Å². The Kier molecular flexibility index (Phi) is 2.80. The summed E-state index contributed by atoms with van der Waals surface area (Å²) in [7, 11) is 4.49. The van der Waals surface area contributed by atoms with Gasteiger partial charge in [-0.1, -0.05) is 11.8 Å². The molecule has 1 aliphatic heterocycles. The summed E-state index contributed by atoms with van der Waals surface area (Å²) in [5, 5.41) is 3.40. The van der Waals surface area contributed by atoms with Crippen LogP contribution in [0.15, 0.2) is 29.4 Å². The highest BCUT2D eigenvalue weighted by molar-refractivity contribution is 7.99. The fraction of sp³-hybridized carbons (Fsp3) is 0.455. The number of hydrogen-bond donors (Lipinski definition) is 0. The van der Waals surface area contributed by atoms with Crippen LogP contribution in [0.1, 0.15) is 10.9 Å². The first-order valence-electron chi connectivity index (χ1n) is 5.01. The molecule has 1 aliphatic rings. The van der Waals surface area contributed by atoms with Crippen LogP contribution in [0.25, 0.3) is 0 Å². The van der Waals surface area contributed by atoms with Crippen molar-refractivity contribution in [1.29, 1.82) is 0 Å². The summed E-state index contributed by atoms with van der Waals surface area (Å²) in [5.74, 6) is 1.20. The molecule has 0 amide bonds. The van der Waals surface area contributed by atoms with Gasteiger partial charge in [0.1, 0.15) is 5.69 Å². The lowest BCUT2D eigenvalue weighted by molar-refractivity contribution is -0.898. The van der Waals surface area contributed by atoms with Crippen molar-refractivity contribution in [3.8, 4) is 0 Å². The summed E-state index contributed by atoms with van der Waals surface area (Å²) in [6, 6.07) is 7.61. The lowest BCUT2D eigenvalue weighted by Crippen LogP contribution is -2.38. The molecule has 0 radical (unpaired) electrons. The first-order chi connectivity index (χ1) is 7.13. The molecule has 3 nitrogen and oxygen atoms in total. The molecule has 80 valence electrons. The molecule has 0 bridgehead atoms. The Morgan fingerprint density at radius 2 is 2.00 bits per heavy atom. The molecule has 2 rings (SSSR count). The number of benzene rings is 1. The monoisotopic (exact) mass is 223 g/mol. The third-order valence-electron chi connectivity index (χ3n) is 2.86. The number of nitrogens with zero attached hydrogens (tertiary/aromatic N) is 2. The maximum absolute atomic E-state index is 10.3. The summed E-state index contributed by atoms with van der Waals surface area (Å²) in [5.41, 5.74) is 1.79.